The van der Waals surface area contributed by atoms with Gasteiger partial charge in [-0.2, -0.15) is 0 Å². The van der Waals surface area contributed by atoms with E-state index in [9.17, 15) is 0 Å². The van der Waals surface area contributed by atoms with Crippen LogP contribution in [-0.2, 0) is 16.2 Å². The third-order valence-corrected chi connectivity index (χ3v) is 15.9. The minimum absolute atomic E-state index is 0.0316. The predicted octanol–water partition coefficient (Wildman–Crippen LogP) is 17.5. The van der Waals surface area contributed by atoms with Gasteiger partial charge in [0.05, 0.1) is 16.8 Å². The van der Waals surface area contributed by atoms with E-state index in [1.54, 1.807) is 0 Å². The van der Waals surface area contributed by atoms with Gasteiger partial charge in [0.2, 0.25) is 0 Å². The average Bonchev–Trinajstić information content (AvgIpc) is 3.65. The normalized spacial score (nSPS) is 15.2. The summed E-state index contributed by atoms with van der Waals surface area (Å²) in [6.45, 7) is 16.2. The molecule has 1 atom stereocenters. The van der Waals surface area contributed by atoms with Crippen LogP contribution >= 0.6 is 0 Å². The number of fused-ring (bicyclic) bond motifs is 13. The molecule has 0 saturated heterocycles. The summed E-state index contributed by atoms with van der Waals surface area (Å²) in [4.78, 5) is 2.53. The molecule has 11 aromatic carbocycles. The molecule has 334 valence electrons. The fourth-order valence-corrected chi connectivity index (χ4v) is 12.5. The van der Waals surface area contributed by atoms with Crippen molar-refractivity contribution in [1.29, 1.82) is 0 Å². The molecule has 70 heavy (non-hydrogen) atoms. The molecule has 0 amide bonds. The predicted molar refractivity (Wildman–Crippen MR) is 300 cm³/mol. The van der Waals surface area contributed by atoms with Crippen LogP contribution in [0.3, 0.4) is 0 Å². The quantitative estimate of drug-likeness (QED) is 0.126. The highest BCUT2D eigenvalue weighted by atomic mass is 15.2. The number of benzene rings is 11. The van der Waals surface area contributed by atoms with Crippen LogP contribution in [0.25, 0.3) is 76.5 Å². The minimum atomic E-state index is -0.707. The standard InChI is InChI=1S/C68H54BN/c1-41-47-18-8-10-20-51(47)63(52-21-11-9-19-48(41)52)42-28-35-49-50-36-29-43(64-53-22-12-14-24-55(53)65(69)56-25-15-13-23-54(56)64)39-59(50)68(58(49)38-42)57-26-16-17-27-61(57)70(46-33-30-44(31-34-46)66(2,3)4)62-37-32-45(40-60(62)68)67(5,6)7/h8-40H,1-7H3. The zero-order valence-electron chi connectivity index (χ0n) is 41.1. The van der Waals surface area contributed by atoms with Gasteiger partial charge in [-0.25, -0.2) is 0 Å². The minimum Gasteiger partial charge on any atom is -0.310 e. The van der Waals surface area contributed by atoms with Gasteiger partial charge in [0.15, 0.2) is 0 Å². The molecule has 0 bridgehead atoms. The highest BCUT2D eigenvalue weighted by molar-refractivity contribution is 6.46. The Kier molecular flexibility index (Phi) is 9.19. The van der Waals surface area contributed by atoms with E-state index >= 15 is 0 Å². The molecule has 13 rings (SSSR count). The van der Waals surface area contributed by atoms with Crippen molar-refractivity contribution in [3.63, 3.8) is 0 Å². The molecular formula is C68H54BN. The largest absolute Gasteiger partial charge is 0.310 e. The zero-order chi connectivity index (χ0) is 47.8. The number of para-hydroxylation sites is 1. The summed E-state index contributed by atoms with van der Waals surface area (Å²) in [7, 11) is 7.04. The molecule has 2 aliphatic rings. The van der Waals surface area contributed by atoms with Crippen LogP contribution < -0.4 is 10.4 Å². The SMILES string of the molecule is [B]c1c2ccccc2c(-c2ccc3c(c2)C2(c4cc(-c5c6ccccc6c(C)c6ccccc56)ccc4-3)c3ccccc3N(c3ccc(C(C)(C)C)cc3)c3ccc(C(C)(C)C)cc32)c2ccccc12. The molecule has 0 N–H and O–H groups in total. The van der Waals surface area contributed by atoms with Gasteiger partial charge in [-0.1, -0.05) is 211 Å². The van der Waals surface area contributed by atoms with E-state index < -0.39 is 5.41 Å². The van der Waals surface area contributed by atoms with Crippen LogP contribution in [0.4, 0.5) is 17.1 Å². The molecule has 0 aromatic heterocycles. The second-order valence-electron chi connectivity index (χ2n) is 21.9. The number of anilines is 3. The third kappa shape index (κ3) is 5.99. The van der Waals surface area contributed by atoms with E-state index in [1.165, 1.54) is 105 Å². The molecule has 2 heteroatoms. The molecular weight excluding hydrogens is 842 g/mol. The van der Waals surface area contributed by atoms with Gasteiger partial charge in [-0.3, -0.25) is 0 Å². The van der Waals surface area contributed by atoms with Crippen molar-refractivity contribution in [2.24, 2.45) is 0 Å². The van der Waals surface area contributed by atoms with E-state index in [0.717, 1.165) is 32.7 Å². The third-order valence-electron chi connectivity index (χ3n) is 15.9. The Morgan fingerprint density at radius 1 is 0.371 bits per heavy atom. The molecule has 2 radical (unpaired) electrons. The maximum Gasteiger partial charge on any atom is 0.115 e. The van der Waals surface area contributed by atoms with Crippen molar-refractivity contribution < 1.29 is 0 Å². The van der Waals surface area contributed by atoms with Crippen LogP contribution in [0.5, 0.6) is 0 Å². The van der Waals surface area contributed by atoms with Crippen molar-refractivity contribution in [2.75, 3.05) is 4.90 Å². The van der Waals surface area contributed by atoms with Crippen LogP contribution in [0, 0.1) is 6.92 Å². The van der Waals surface area contributed by atoms with Gasteiger partial charge >= 0.3 is 0 Å². The fourth-order valence-electron chi connectivity index (χ4n) is 12.5. The summed E-state index contributed by atoms with van der Waals surface area (Å²) >= 11 is 0. The van der Waals surface area contributed by atoms with Gasteiger partial charge in [0, 0.05) is 5.69 Å². The Balaban J connectivity index is 1.18. The van der Waals surface area contributed by atoms with E-state index in [4.69, 9.17) is 7.85 Å². The maximum atomic E-state index is 7.04. The second kappa shape index (κ2) is 15.2. The van der Waals surface area contributed by atoms with E-state index in [-0.39, 0.29) is 10.8 Å². The second-order valence-corrected chi connectivity index (χ2v) is 21.9. The van der Waals surface area contributed by atoms with Crippen molar-refractivity contribution in [2.45, 2.75) is 64.7 Å². The Morgan fingerprint density at radius 3 is 1.29 bits per heavy atom. The highest BCUT2D eigenvalue weighted by Gasteiger charge is 2.52. The van der Waals surface area contributed by atoms with Crippen LogP contribution in [0.2, 0.25) is 0 Å². The van der Waals surface area contributed by atoms with Crippen LogP contribution in [0.15, 0.2) is 200 Å². The average molecular weight is 896 g/mol. The highest BCUT2D eigenvalue weighted by Crippen LogP contribution is 2.65. The lowest BCUT2D eigenvalue weighted by Gasteiger charge is -2.46. The van der Waals surface area contributed by atoms with E-state index in [0.29, 0.717) is 0 Å². The monoisotopic (exact) mass is 895 g/mol. The number of nitrogens with zero attached hydrogens (tertiary/aromatic N) is 1. The summed E-state index contributed by atoms with van der Waals surface area (Å²) in [5.41, 5.74) is 20.1. The lowest BCUT2D eigenvalue weighted by molar-refractivity contribution is 0.587. The summed E-state index contributed by atoms with van der Waals surface area (Å²) in [5.74, 6) is 0. The van der Waals surface area contributed by atoms with Crippen molar-refractivity contribution >= 4 is 73.5 Å². The molecule has 0 fully saturated rings. The van der Waals surface area contributed by atoms with Crippen molar-refractivity contribution in [3.8, 4) is 33.4 Å². The van der Waals surface area contributed by atoms with Gasteiger partial charge in [-0.15, -0.1) is 0 Å². The molecule has 1 spiro atoms. The van der Waals surface area contributed by atoms with Gasteiger partial charge < -0.3 is 4.90 Å². The smallest absolute Gasteiger partial charge is 0.115 e. The fraction of sp³-hybridized carbons (Fsp3) is 0.147. The summed E-state index contributed by atoms with van der Waals surface area (Å²) in [6, 6.07) is 76.0. The summed E-state index contributed by atoms with van der Waals surface area (Å²) in [6.07, 6.45) is 0. The zero-order valence-corrected chi connectivity index (χ0v) is 41.1. The summed E-state index contributed by atoms with van der Waals surface area (Å²) in [5, 5.41) is 9.60. The van der Waals surface area contributed by atoms with Gasteiger partial charge in [0.25, 0.3) is 0 Å². The molecule has 1 unspecified atom stereocenters. The Bertz CT molecular complexity index is 3700. The van der Waals surface area contributed by atoms with Gasteiger partial charge in [-0.05, 0) is 170 Å². The number of aryl methyl sites for hydroxylation is 1. The molecule has 1 heterocycles. The van der Waals surface area contributed by atoms with Gasteiger partial charge in [0.1, 0.15) is 7.85 Å². The Labute approximate surface area is 413 Å². The lowest BCUT2D eigenvalue weighted by Crippen LogP contribution is -2.36. The van der Waals surface area contributed by atoms with Crippen LogP contribution in [-0.4, -0.2) is 7.85 Å². The molecule has 0 saturated carbocycles. The lowest BCUT2D eigenvalue weighted by atomic mass is 9.63. The first-order chi connectivity index (χ1) is 33.8. The molecule has 11 aromatic rings. The topological polar surface area (TPSA) is 3.24 Å². The first-order valence-electron chi connectivity index (χ1n) is 24.9. The first kappa shape index (κ1) is 42.4. The molecule has 1 nitrogen and oxygen atoms in total. The number of hydrogen-bond donors (Lipinski definition) is 0. The Hall–Kier alpha value is -7.68. The Morgan fingerprint density at radius 2 is 0.786 bits per heavy atom. The maximum absolute atomic E-state index is 7.04. The summed E-state index contributed by atoms with van der Waals surface area (Å²) < 4.78 is 0. The number of rotatable bonds is 3. The number of hydrogen-bond acceptors (Lipinski definition) is 1. The first-order valence-corrected chi connectivity index (χ1v) is 24.9. The van der Waals surface area contributed by atoms with Crippen molar-refractivity contribution in [3.05, 3.63) is 239 Å². The molecule has 1 aliphatic carbocycles. The van der Waals surface area contributed by atoms with Crippen molar-refractivity contribution in [1.82, 2.24) is 0 Å². The van der Waals surface area contributed by atoms with E-state index in [2.05, 4.69) is 254 Å². The van der Waals surface area contributed by atoms with E-state index in [1.807, 2.05) is 0 Å². The van der Waals surface area contributed by atoms with Crippen LogP contribution in [0.1, 0.15) is 80.5 Å². The molecule has 1 aliphatic heterocycles.